The second kappa shape index (κ2) is 7.35. The van der Waals surface area contributed by atoms with Gasteiger partial charge in [-0.15, -0.1) is 0 Å². The number of imide groups is 1. The first-order valence-electron chi connectivity index (χ1n) is 8.14. The molecule has 1 saturated heterocycles. The summed E-state index contributed by atoms with van der Waals surface area (Å²) >= 11 is 0. The summed E-state index contributed by atoms with van der Waals surface area (Å²) in [6, 6.07) is 6.31. The Balaban J connectivity index is 2.10. The maximum atomic E-state index is 12.6. The molecule has 0 aliphatic carbocycles. The summed E-state index contributed by atoms with van der Waals surface area (Å²) in [7, 11) is 0. The molecule has 1 heterocycles. The maximum Gasteiger partial charge on any atom is 0.405 e. The van der Waals surface area contributed by atoms with Crippen molar-refractivity contribution in [1.82, 2.24) is 15.5 Å². The summed E-state index contributed by atoms with van der Waals surface area (Å²) in [4.78, 5) is 36.9. The van der Waals surface area contributed by atoms with Crippen molar-refractivity contribution in [2.24, 2.45) is 0 Å². The van der Waals surface area contributed by atoms with Crippen molar-refractivity contribution in [3.63, 3.8) is 0 Å². The van der Waals surface area contributed by atoms with Crippen LogP contribution in [-0.4, -0.2) is 42.0 Å². The van der Waals surface area contributed by atoms with Crippen molar-refractivity contribution < 1.29 is 27.6 Å². The van der Waals surface area contributed by atoms with E-state index in [4.69, 9.17) is 0 Å². The van der Waals surface area contributed by atoms with E-state index in [9.17, 15) is 27.6 Å². The van der Waals surface area contributed by atoms with Gasteiger partial charge in [0.25, 0.3) is 5.91 Å². The van der Waals surface area contributed by atoms with Gasteiger partial charge in [-0.05, 0) is 24.5 Å². The maximum absolute atomic E-state index is 12.6. The molecule has 6 nitrogen and oxygen atoms in total. The number of carbonyl (C=O) groups is 3. The van der Waals surface area contributed by atoms with Crippen molar-refractivity contribution in [1.29, 1.82) is 0 Å². The van der Waals surface area contributed by atoms with Crippen LogP contribution in [0.5, 0.6) is 0 Å². The molecule has 1 atom stereocenters. The van der Waals surface area contributed by atoms with Gasteiger partial charge >= 0.3 is 12.2 Å². The lowest BCUT2D eigenvalue weighted by Crippen LogP contribution is -2.44. The van der Waals surface area contributed by atoms with Gasteiger partial charge in [0.15, 0.2) is 0 Å². The summed E-state index contributed by atoms with van der Waals surface area (Å²) in [5.74, 6) is -1.75. The van der Waals surface area contributed by atoms with E-state index in [0.29, 0.717) is 10.5 Å². The van der Waals surface area contributed by atoms with E-state index in [1.165, 1.54) is 6.92 Å². The van der Waals surface area contributed by atoms with E-state index in [1.807, 2.05) is 19.1 Å². The lowest BCUT2D eigenvalue weighted by molar-refractivity contribution is -0.141. The molecule has 0 radical (unpaired) electrons. The van der Waals surface area contributed by atoms with Gasteiger partial charge in [-0.3, -0.25) is 14.5 Å². The van der Waals surface area contributed by atoms with Crippen LogP contribution >= 0.6 is 0 Å². The molecule has 1 aliphatic rings. The number of nitrogens with one attached hydrogen (secondary N) is 2. The minimum Gasteiger partial charge on any atom is -0.345 e. The van der Waals surface area contributed by atoms with Crippen LogP contribution in [0.3, 0.4) is 0 Å². The van der Waals surface area contributed by atoms with Crippen molar-refractivity contribution in [2.45, 2.75) is 38.4 Å². The monoisotopic (exact) mass is 371 g/mol. The van der Waals surface area contributed by atoms with Gasteiger partial charge in [-0.1, -0.05) is 37.6 Å². The van der Waals surface area contributed by atoms with Gasteiger partial charge < -0.3 is 10.6 Å². The third kappa shape index (κ3) is 4.33. The van der Waals surface area contributed by atoms with Crippen LogP contribution in [0, 0.1) is 0 Å². The summed E-state index contributed by atoms with van der Waals surface area (Å²) in [5, 5.41) is 4.15. The fourth-order valence-electron chi connectivity index (χ4n) is 2.73. The lowest BCUT2D eigenvalue weighted by atomic mass is 9.91. The highest BCUT2D eigenvalue weighted by atomic mass is 19.4. The fourth-order valence-corrected chi connectivity index (χ4v) is 2.73. The number of carbonyl (C=O) groups excluding carboxylic acids is 3. The Morgan fingerprint density at radius 3 is 2.38 bits per heavy atom. The Morgan fingerprint density at radius 2 is 1.85 bits per heavy atom. The molecule has 1 fully saturated rings. The van der Waals surface area contributed by atoms with Crippen molar-refractivity contribution in [2.75, 3.05) is 13.1 Å². The smallest absolute Gasteiger partial charge is 0.345 e. The van der Waals surface area contributed by atoms with Crippen molar-refractivity contribution in [3.8, 4) is 0 Å². The molecule has 0 bridgehead atoms. The average Bonchev–Trinajstić information content (AvgIpc) is 2.77. The van der Waals surface area contributed by atoms with Crippen LogP contribution < -0.4 is 10.6 Å². The number of urea groups is 1. The molecule has 4 amide bonds. The number of hydrogen-bond acceptors (Lipinski definition) is 3. The van der Waals surface area contributed by atoms with Gasteiger partial charge in [0, 0.05) is 0 Å². The normalized spacial score (nSPS) is 20.3. The Labute approximate surface area is 148 Å². The number of halogens is 3. The Morgan fingerprint density at radius 1 is 1.23 bits per heavy atom. The van der Waals surface area contributed by atoms with Crippen LogP contribution in [0.1, 0.15) is 31.4 Å². The molecule has 0 aromatic heterocycles. The lowest BCUT2D eigenvalue weighted by Gasteiger charge is -2.22. The van der Waals surface area contributed by atoms with Crippen LogP contribution in [0.2, 0.25) is 0 Å². The molecule has 1 aromatic carbocycles. The third-order valence-electron chi connectivity index (χ3n) is 4.13. The first-order chi connectivity index (χ1) is 12.1. The van der Waals surface area contributed by atoms with Gasteiger partial charge in [0.1, 0.15) is 18.6 Å². The highest BCUT2D eigenvalue weighted by Gasteiger charge is 2.49. The molecule has 142 valence electrons. The highest BCUT2D eigenvalue weighted by Crippen LogP contribution is 2.29. The molecule has 1 aliphatic heterocycles. The number of hydrogen-bond donors (Lipinski definition) is 2. The molecule has 2 rings (SSSR count). The van der Waals surface area contributed by atoms with E-state index in [1.54, 1.807) is 17.4 Å². The first kappa shape index (κ1) is 19.7. The molecule has 9 heteroatoms. The fraction of sp³-hybridized carbons (Fsp3) is 0.471. The molecule has 26 heavy (non-hydrogen) atoms. The number of alkyl halides is 3. The zero-order valence-electron chi connectivity index (χ0n) is 14.4. The molecule has 0 saturated carbocycles. The molecule has 0 unspecified atom stereocenters. The number of amides is 4. The summed E-state index contributed by atoms with van der Waals surface area (Å²) < 4.78 is 36.4. The van der Waals surface area contributed by atoms with E-state index in [-0.39, 0.29) is 0 Å². The minimum absolute atomic E-state index is 0.536. The highest BCUT2D eigenvalue weighted by molar-refractivity contribution is 6.09. The first-order valence-corrected chi connectivity index (χ1v) is 8.14. The van der Waals surface area contributed by atoms with Crippen molar-refractivity contribution >= 4 is 17.8 Å². The predicted molar refractivity (Wildman–Crippen MR) is 87.1 cm³/mol. The Bertz CT molecular complexity index is 703. The van der Waals surface area contributed by atoms with Crippen LogP contribution in [-0.2, 0) is 21.5 Å². The van der Waals surface area contributed by atoms with Gasteiger partial charge in [-0.25, -0.2) is 4.79 Å². The number of nitrogens with zero attached hydrogens (tertiary/aromatic N) is 1. The Hall–Kier alpha value is -2.58. The molecule has 1 aromatic rings. The minimum atomic E-state index is -4.57. The van der Waals surface area contributed by atoms with Crippen molar-refractivity contribution in [3.05, 3.63) is 35.4 Å². The molecule has 0 spiro atoms. The Kier molecular flexibility index (Phi) is 5.58. The summed E-state index contributed by atoms with van der Waals surface area (Å²) in [6.07, 6.45) is -2.72. The predicted octanol–water partition coefficient (Wildman–Crippen LogP) is 2.08. The van der Waals surface area contributed by atoms with E-state index in [0.717, 1.165) is 18.4 Å². The average molecular weight is 371 g/mol. The standard InChI is InChI=1S/C17H20F3N3O3/c1-3-4-11-5-7-12(8-6-11)16(2)14(25)23(15(26)22-16)9-13(24)21-10-17(18,19)20/h5-8H,3-4,9-10H2,1-2H3,(H,21,24)(H,22,26)/t16-/m0/s1. The largest absolute Gasteiger partial charge is 0.405 e. The van der Waals surface area contributed by atoms with Crippen LogP contribution in [0.15, 0.2) is 24.3 Å². The van der Waals surface area contributed by atoms with Gasteiger partial charge in [0.05, 0.1) is 0 Å². The summed E-state index contributed by atoms with van der Waals surface area (Å²) in [6.45, 7) is 1.24. The number of aryl methyl sites for hydroxylation is 1. The van der Waals surface area contributed by atoms with Crippen LogP contribution in [0.4, 0.5) is 18.0 Å². The second-order valence-electron chi connectivity index (χ2n) is 6.29. The van der Waals surface area contributed by atoms with Gasteiger partial charge in [-0.2, -0.15) is 13.2 Å². The van der Waals surface area contributed by atoms with Crippen LogP contribution in [0.25, 0.3) is 0 Å². The topological polar surface area (TPSA) is 78.5 Å². The third-order valence-corrected chi connectivity index (χ3v) is 4.13. The van der Waals surface area contributed by atoms with E-state index < -0.39 is 42.7 Å². The number of benzene rings is 1. The molecular formula is C17H20F3N3O3. The zero-order chi connectivity index (χ0) is 19.5. The SMILES string of the molecule is CCCc1ccc([C@]2(C)NC(=O)N(CC(=O)NCC(F)(F)F)C2=O)cc1. The summed E-state index contributed by atoms with van der Waals surface area (Å²) in [5.41, 5.74) is 0.250. The number of rotatable bonds is 6. The second-order valence-corrected chi connectivity index (χ2v) is 6.29. The van der Waals surface area contributed by atoms with E-state index in [2.05, 4.69) is 5.32 Å². The quantitative estimate of drug-likeness (QED) is 0.752. The van der Waals surface area contributed by atoms with Gasteiger partial charge in [0.2, 0.25) is 5.91 Å². The van der Waals surface area contributed by atoms with E-state index >= 15 is 0 Å². The molecule has 2 N–H and O–H groups in total. The zero-order valence-corrected chi connectivity index (χ0v) is 14.4. The molecular weight excluding hydrogens is 351 g/mol.